The third kappa shape index (κ3) is 2.36. The van der Waals surface area contributed by atoms with Gasteiger partial charge in [-0.25, -0.2) is 0 Å². The Morgan fingerprint density at radius 3 is 2.55 bits per heavy atom. The van der Waals surface area contributed by atoms with Crippen LogP contribution in [0.4, 0.5) is 0 Å². The predicted octanol–water partition coefficient (Wildman–Crippen LogP) is 3.63. The molecule has 0 heteroatoms. The Bertz CT molecular complexity index is 153. The van der Waals surface area contributed by atoms with Gasteiger partial charge in [-0.05, 0) is 37.5 Å². The molecule has 1 aliphatic rings. The molecule has 0 aromatic carbocycles. The number of allylic oxidation sites excluding steroid dienone is 2. The molecule has 0 aliphatic heterocycles. The second kappa shape index (κ2) is 3.42. The second-order valence-corrected chi connectivity index (χ2v) is 4.47. The van der Waals surface area contributed by atoms with Gasteiger partial charge in [0, 0.05) is 0 Å². The van der Waals surface area contributed by atoms with Crippen molar-refractivity contribution in [2.24, 2.45) is 17.8 Å². The van der Waals surface area contributed by atoms with Crippen molar-refractivity contribution >= 4 is 0 Å². The van der Waals surface area contributed by atoms with E-state index >= 15 is 0 Å². The standard InChI is InChI=1S/C11H20/c1-8(2)11-6-9(3)5-10(4)7-11/h6,8,10-11H,5,7H2,1-4H3. The van der Waals surface area contributed by atoms with Gasteiger partial charge < -0.3 is 0 Å². The lowest BCUT2D eigenvalue weighted by Gasteiger charge is -2.27. The zero-order valence-corrected chi connectivity index (χ0v) is 8.22. The van der Waals surface area contributed by atoms with Gasteiger partial charge in [-0.1, -0.05) is 32.4 Å². The second-order valence-electron chi connectivity index (χ2n) is 4.47. The van der Waals surface area contributed by atoms with Crippen LogP contribution in [0.5, 0.6) is 0 Å². The normalized spacial score (nSPS) is 32.3. The van der Waals surface area contributed by atoms with Crippen molar-refractivity contribution in [2.75, 3.05) is 0 Å². The predicted molar refractivity (Wildman–Crippen MR) is 50.5 cm³/mol. The average molecular weight is 152 g/mol. The first kappa shape index (κ1) is 8.83. The van der Waals surface area contributed by atoms with E-state index in [9.17, 15) is 0 Å². The average Bonchev–Trinajstić information content (AvgIpc) is 1.85. The van der Waals surface area contributed by atoms with E-state index in [-0.39, 0.29) is 0 Å². The van der Waals surface area contributed by atoms with Gasteiger partial charge in [0.05, 0.1) is 0 Å². The third-order valence-electron chi connectivity index (χ3n) is 2.70. The van der Waals surface area contributed by atoms with Crippen molar-refractivity contribution < 1.29 is 0 Å². The summed E-state index contributed by atoms with van der Waals surface area (Å²) in [6.45, 7) is 9.29. The maximum absolute atomic E-state index is 2.48. The molecule has 2 atom stereocenters. The molecule has 0 aromatic heterocycles. The molecule has 0 aromatic rings. The van der Waals surface area contributed by atoms with E-state index in [1.807, 2.05) is 0 Å². The van der Waals surface area contributed by atoms with Crippen LogP contribution in [0.2, 0.25) is 0 Å². The summed E-state index contributed by atoms with van der Waals surface area (Å²) in [6, 6.07) is 0. The summed E-state index contributed by atoms with van der Waals surface area (Å²) < 4.78 is 0. The highest BCUT2D eigenvalue weighted by molar-refractivity contribution is 5.06. The molecule has 0 N–H and O–H groups in total. The minimum atomic E-state index is 0.827. The Kier molecular flexibility index (Phi) is 2.75. The van der Waals surface area contributed by atoms with Crippen molar-refractivity contribution in [3.05, 3.63) is 11.6 Å². The smallest absolute Gasteiger partial charge is 0.0205 e. The van der Waals surface area contributed by atoms with Crippen LogP contribution in [0, 0.1) is 17.8 Å². The van der Waals surface area contributed by atoms with Crippen molar-refractivity contribution in [3.63, 3.8) is 0 Å². The fourth-order valence-corrected chi connectivity index (χ4v) is 2.06. The Balaban J connectivity index is 2.61. The van der Waals surface area contributed by atoms with Crippen LogP contribution < -0.4 is 0 Å². The maximum atomic E-state index is 2.48. The van der Waals surface area contributed by atoms with Gasteiger partial charge in [0.15, 0.2) is 0 Å². The summed E-state index contributed by atoms with van der Waals surface area (Å²) in [6.07, 6.45) is 5.20. The fraction of sp³-hybridized carbons (Fsp3) is 0.818. The quantitative estimate of drug-likeness (QED) is 0.503. The molecule has 2 unspecified atom stereocenters. The highest BCUT2D eigenvalue weighted by Crippen LogP contribution is 2.31. The molecule has 0 amide bonds. The van der Waals surface area contributed by atoms with E-state index in [1.165, 1.54) is 12.8 Å². The Morgan fingerprint density at radius 1 is 1.45 bits per heavy atom. The molecule has 1 rings (SSSR count). The van der Waals surface area contributed by atoms with Gasteiger partial charge in [0.25, 0.3) is 0 Å². The summed E-state index contributed by atoms with van der Waals surface area (Å²) >= 11 is 0. The zero-order chi connectivity index (χ0) is 8.43. The first-order valence-electron chi connectivity index (χ1n) is 4.77. The van der Waals surface area contributed by atoms with E-state index in [2.05, 4.69) is 33.8 Å². The van der Waals surface area contributed by atoms with E-state index in [0.29, 0.717) is 0 Å². The summed E-state index contributed by atoms with van der Waals surface area (Å²) in [5.41, 5.74) is 1.60. The molecule has 0 saturated heterocycles. The van der Waals surface area contributed by atoms with Gasteiger partial charge in [0.2, 0.25) is 0 Å². The SMILES string of the molecule is CC1=CC(C(C)C)CC(C)C1. The van der Waals surface area contributed by atoms with Gasteiger partial charge in [0.1, 0.15) is 0 Å². The largest absolute Gasteiger partial charge is 0.0822 e. The molecular formula is C11H20. The molecule has 1 aliphatic carbocycles. The first-order valence-corrected chi connectivity index (χ1v) is 4.77. The minimum absolute atomic E-state index is 0.827. The summed E-state index contributed by atoms with van der Waals surface area (Å²) in [5.74, 6) is 2.58. The highest BCUT2D eigenvalue weighted by Gasteiger charge is 2.19. The van der Waals surface area contributed by atoms with Crippen molar-refractivity contribution in [3.8, 4) is 0 Å². The van der Waals surface area contributed by atoms with Gasteiger partial charge >= 0.3 is 0 Å². The number of hydrogen-bond acceptors (Lipinski definition) is 0. The van der Waals surface area contributed by atoms with Crippen LogP contribution in [-0.2, 0) is 0 Å². The molecular weight excluding hydrogens is 132 g/mol. The van der Waals surface area contributed by atoms with E-state index in [0.717, 1.165) is 17.8 Å². The molecule has 64 valence electrons. The van der Waals surface area contributed by atoms with Crippen LogP contribution in [0.3, 0.4) is 0 Å². The summed E-state index contributed by atoms with van der Waals surface area (Å²) in [5, 5.41) is 0. The summed E-state index contributed by atoms with van der Waals surface area (Å²) in [4.78, 5) is 0. The lowest BCUT2D eigenvalue weighted by molar-refractivity contribution is 0.342. The Labute approximate surface area is 70.7 Å². The lowest BCUT2D eigenvalue weighted by Crippen LogP contribution is -2.15. The molecule has 0 radical (unpaired) electrons. The number of hydrogen-bond donors (Lipinski definition) is 0. The minimum Gasteiger partial charge on any atom is -0.0822 e. The first-order chi connectivity index (χ1) is 5.09. The van der Waals surface area contributed by atoms with Crippen LogP contribution >= 0.6 is 0 Å². The molecule has 0 fully saturated rings. The van der Waals surface area contributed by atoms with Crippen molar-refractivity contribution in [1.82, 2.24) is 0 Å². The van der Waals surface area contributed by atoms with Gasteiger partial charge in [-0.15, -0.1) is 0 Å². The van der Waals surface area contributed by atoms with E-state index in [1.54, 1.807) is 5.57 Å². The Morgan fingerprint density at radius 2 is 2.09 bits per heavy atom. The van der Waals surface area contributed by atoms with Gasteiger partial charge in [-0.2, -0.15) is 0 Å². The molecule has 0 saturated carbocycles. The molecule has 11 heavy (non-hydrogen) atoms. The maximum Gasteiger partial charge on any atom is -0.0205 e. The zero-order valence-electron chi connectivity index (χ0n) is 8.22. The van der Waals surface area contributed by atoms with Crippen LogP contribution in [-0.4, -0.2) is 0 Å². The molecule has 0 heterocycles. The Hall–Kier alpha value is -0.260. The number of rotatable bonds is 1. The van der Waals surface area contributed by atoms with E-state index in [4.69, 9.17) is 0 Å². The van der Waals surface area contributed by atoms with Gasteiger partial charge in [-0.3, -0.25) is 0 Å². The van der Waals surface area contributed by atoms with Crippen molar-refractivity contribution in [2.45, 2.75) is 40.5 Å². The fourth-order valence-electron chi connectivity index (χ4n) is 2.06. The molecule has 0 spiro atoms. The summed E-state index contributed by atoms with van der Waals surface area (Å²) in [7, 11) is 0. The monoisotopic (exact) mass is 152 g/mol. The van der Waals surface area contributed by atoms with Crippen LogP contribution in [0.25, 0.3) is 0 Å². The lowest BCUT2D eigenvalue weighted by atomic mass is 9.79. The highest BCUT2D eigenvalue weighted by atomic mass is 14.2. The third-order valence-corrected chi connectivity index (χ3v) is 2.70. The van der Waals surface area contributed by atoms with Crippen LogP contribution in [0.1, 0.15) is 40.5 Å². The van der Waals surface area contributed by atoms with Crippen molar-refractivity contribution in [1.29, 1.82) is 0 Å². The van der Waals surface area contributed by atoms with Crippen LogP contribution in [0.15, 0.2) is 11.6 Å². The topological polar surface area (TPSA) is 0 Å². The molecule has 0 bridgehead atoms. The van der Waals surface area contributed by atoms with E-state index < -0.39 is 0 Å². The molecule has 0 nitrogen and oxygen atoms in total.